The molecule has 0 heterocycles. The second-order valence-corrected chi connectivity index (χ2v) is 3.85. The van der Waals surface area contributed by atoms with Gasteiger partial charge in [-0.05, 0) is 24.6 Å². The van der Waals surface area contributed by atoms with Gasteiger partial charge in [0.05, 0.1) is 6.61 Å². The van der Waals surface area contributed by atoms with E-state index < -0.39 is 5.97 Å². The Kier molecular flexibility index (Phi) is 5.94. The van der Waals surface area contributed by atoms with Gasteiger partial charge in [0.25, 0.3) is 0 Å². The van der Waals surface area contributed by atoms with Gasteiger partial charge in [0.15, 0.2) is 0 Å². The van der Waals surface area contributed by atoms with Crippen molar-refractivity contribution in [2.24, 2.45) is 0 Å². The highest BCUT2D eigenvalue weighted by Gasteiger charge is 2.04. The quantitative estimate of drug-likeness (QED) is 0.595. The molecule has 4 nitrogen and oxygen atoms in total. The standard InChI is InChI=1S/C14H19NO3/c1-3-18-11-10-15(2)13-7-5-4-6-12(13)8-9-14(16)17/h4-9H,3,10-11H2,1-2H3,(H,16,17)/b9-8+. The van der Waals surface area contributed by atoms with Gasteiger partial charge < -0.3 is 14.7 Å². The maximum absolute atomic E-state index is 10.5. The van der Waals surface area contributed by atoms with Crippen LogP contribution in [0.15, 0.2) is 30.3 Å². The van der Waals surface area contributed by atoms with Crippen molar-refractivity contribution >= 4 is 17.7 Å². The minimum absolute atomic E-state index is 0.657. The minimum Gasteiger partial charge on any atom is -0.478 e. The van der Waals surface area contributed by atoms with Gasteiger partial charge in [-0.2, -0.15) is 0 Å². The van der Waals surface area contributed by atoms with Crippen LogP contribution in [-0.4, -0.2) is 37.9 Å². The van der Waals surface area contributed by atoms with E-state index in [-0.39, 0.29) is 0 Å². The third-order valence-corrected chi connectivity index (χ3v) is 2.53. The van der Waals surface area contributed by atoms with Gasteiger partial charge >= 0.3 is 5.97 Å². The zero-order valence-corrected chi connectivity index (χ0v) is 10.8. The molecule has 0 aromatic heterocycles. The summed E-state index contributed by atoms with van der Waals surface area (Å²) < 4.78 is 5.31. The highest BCUT2D eigenvalue weighted by molar-refractivity contribution is 5.86. The summed E-state index contributed by atoms with van der Waals surface area (Å²) in [6.07, 6.45) is 2.75. The smallest absolute Gasteiger partial charge is 0.328 e. The fourth-order valence-electron chi connectivity index (χ4n) is 1.60. The molecular formula is C14H19NO3. The maximum atomic E-state index is 10.5. The van der Waals surface area contributed by atoms with E-state index in [0.717, 1.165) is 23.9 Å². The Labute approximate surface area is 107 Å². The number of nitrogens with zero attached hydrogens (tertiary/aromatic N) is 1. The summed E-state index contributed by atoms with van der Waals surface area (Å²) in [5.74, 6) is -0.943. The summed E-state index contributed by atoms with van der Waals surface area (Å²) in [7, 11) is 1.96. The molecule has 0 aliphatic heterocycles. The molecule has 1 aromatic carbocycles. The number of anilines is 1. The van der Waals surface area contributed by atoms with Crippen LogP contribution in [0.2, 0.25) is 0 Å². The molecular weight excluding hydrogens is 230 g/mol. The number of carbonyl (C=O) groups is 1. The lowest BCUT2D eigenvalue weighted by molar-refractivity contribution is -0.131. The van der Waals surface area contributed by atoms with E-state index in [0.29, 0.717) is 13.2 Å². The number of ether oxygens (including phenoxy) is 1. The largest absolute Gasteiger partial charge is 0.478 e. The van der Waals surface area contributed by atoms with Crippen LogP contribution in [0.5, 0.6) is 0 Å². The second-order valence-electron chi connectivity index (χ2n) is 3.85. The summed E-state index contributed by atoms with van der Waals surface area (Å²) in [6.45, 7) is 4.09. The SMILES string of the molecule is CCOCCN(C)c1ccccc1/C=C/C(=O)O. The fraction of sp³-hybridized carbons (Fsp3) is 0.357. The van der Waals surface area contributed by atoms with Gasteiger partial charge in [-0.15, -0.1) is 0 Å². The summed E-state index contributed by atoms with van der Waals surface area (Å²) in [6, 6.07) is 7.69. The van der Waals surface area contributed by atoms with Gasteiger partial charge in [0, 0.05) is 32.0 Å². The van der Waals surface area contributed by atoms with E-state index in [9.17, 15) is 4.79 Å². The van der Waals surface area contributed by atoms with Crippen LogP contribution in [0.25, 0.3) is 6.08 Å². The average molecular weight is 249 g/mol. The van der Waals surface area contributed by atoms with Crippen LogP contribution in [0, 0.1) is 0 Å². The number of rotatable bonds is 7. The van der Waals surface area contributed by atoms with Crippen molar-refractivity contribution in [2.75, 3.05) is 31.7 Å². The first kappa shape index (κ1) is 14.3. The molecule has 0 fully saturated rings. The van der Waals surface area contributed by atoms with Gasteiger partial charge in [-0.25, -0.2) is 4.79 Å². The van der Waals surface area contributed by atoms with E-state index in [1.54, 1.807) is 6.08 Å². The molecule has 18 heavy (non-hydrogen) atoms. The summed E-state index contributed by atoms with van der Waals surface area (Å²) >= 11 is 0. The highest BCUT2D eigenvalue weighted by atomic mass is 16.5. The number of likely N-dealkylation sites (N-methyl/N-ethyl adjacent to an activating group) is 1. The number of carboxylic acids is 1. The Morgan fingerprint density at radius 3 is 2.83 bits per heavy atom. The van der Waals surface area contributed by atoms with Crippen molar-refractivity contribution < 1.29 is 14.6 Å². The van der Waals surface area contributed by atoms with Gasteiger partial charge in [-0.3, -0.25) is 0 Å². The van der Waals surface area contributed by atoms with E-state index in [1.807, 2.05) is 38.2 Å². The molecule has 0 unspecified atom stereocenters. The number of hydrogen-bond donors (Lipinski definition) is 1. The van der Waals surface area contributed by atoms with Crippen LogP contribution < -0.4 is 4.90 Å². The molecule has 0 amide bonds. The molecule has 0 aliphatic rings. The third-order valence-electron chi connectivity index (χ3n) is 2.53. The molecule has 1 N–H and O–H groups in total. The lowest BCUT2D eigenvalue weighted by Gasteiger charge is -2.21. The first-order chi connectivity index (χ1) is 8.65. The predicted octanol–water partition coefficient (Wildman–Crippen LogP) is 2.26. The van der Waals surface area contributed by atoms with Gasteiger partial charge in [-0.1, -0.05) is 18.2 Å². The van der Waals surface area contributed by atoms with Crippen molar-refractivity contribution in [3.63, 3.8) is 0 Å². The summed E-state index contributed by atoms with van der Waals surface area (Å²) in [5, 5.41) is 8.66. The van der Waals surface area contributed by atoms with Crippen molar-refractivity contribution in [3.05, 3.63) is 35.9 Å². The number of carboxylic acid groups (broad SMARTS) is 1. The molecule has 0 atom stereocenters. The maximum Gasteiger partial charge on any atom is 0.328 e. The van der Waals surface area contributed by atoms with Crippen LogP contribution in [0.4, 0.5) is 5.69 Å². The van der Waals surface area contributed by atoms with Crippen LogP contribution in [-0.2, 0) is 9.53 Å². The zero-order valence-electron chi connectivity index (χ0n) is 10.8. The second kappa shape index (κ2) is 7.50. The molecule has 4 heteroatoms. The highest BCUT2D eigenvalue weighted by Crippen LogP contribution is 2.20. The Balaban J connectivity index is 2.77. The third kappa shape index (κ3) is 4.59. The van der Waals surface area contributed by atoms with E-state index in [1.165, 1.54) is 0 Å². The van der Waals surface area contributed by atoms with Gasteiger partial charge in [0.2, 0.25) is 0 Å². The molecule has 0 saturated heterocycles. The van der Waals surface area contributed by atoms with Crippen LogP contribution in [0.3, 0.4) is 0 Å². The number of benzene rings is 1. The molecule has 98 valence electrons. The lowest BCUT2D eigenvalue weighted by Crippen LogP contribution is -2.23. The zero-order chi connectivity index (χ0) is 13.4. The van der Waals surface area contributed by atoms with Crippen molar-refractivity contribution in [1.29, 1.82) is 0 Å². The van der Waals surface area contributed by atoms with E-state index >= 15 is 0 Å². The minimum atomic E-state index is -0.943. The van der Waals surface area contributed by atoms with Crippen molar-refractivity contribution in [2.45, 2.75) is 6.92 Å². The summed E-state index contributed by atoms with van der Waals surface area (Å²) in [4.78, 5) is 12.6. The van der Waals surface area contributed by atoms with E-state index in [2.05, 4.69) is 4.90 Å². The molecule has 0 radical (unpaired) electrons. The molecule has 1 rings (SSSR count). The lowest BCUT2D eigenvalue weighted by atomic mass is 10.1. The topological polar surface area (TPSA) is 49.8 Å². The van der Waals surface area contributed by atoms with Gasteiger partial charge in [0.1, 0.15) is 0 Å². The Bertz CT molecular complexity index is 415. The normalized spacial score (nSPS) is 10.8. The molecule has 0 bridgehead atoms. The number of aliphatic carboxylic acids is 1. The van der Waals surface area contributed by atoms with Crippen molar-refractivity contribution in [3.8, 4) is 0 Å². The molecule has 0 aliphatic carbocycles. The molecule has 0 spiro atoms. The van der Waals surface area contributed by atoms with Crippen LogP contribution >= 0.6 is 0 Å². The number of para-hydroxylation sites is 1. The van der Waals surface area contributed by atoms with E-state index in [4.69, 9.17) is 9.84 Å². The predicted molar refractivity (Wildman–Crippen MR) is 72.9 cm³/mol. The molecule has 0 saturated carbocycles. The Hall–Kier alpha value is -1.81. The average Bonchev–Trinajstić information content (AvgIpc) is 2.37. The fourth-order valence-corrected chi connectivity index (χ4v) is 1.60. The van der Waals surface area contributed by atoms with Crippen molar-refractivity contribution in [1.82, 2.24) is 0 Å². The Morgan fingerprint density at radius 2 is 2.17 bits per heavy atom. The monoisotopic (exact) mass is 249 g/mol. The molecule has 1 aromatic rings. The van der Waals surface area contributed by atoms with Crippen LogP contribution in [0.1, 0.15) is 12.5 Å². The number of hydrogen-bond acceptors (Lipinski definition) is 3. The first-order valence-electron chi connectivity index (χ1n) is 5.94. The summed E-state index contributed by atoms with van der Waals surface area (Å²) in [5.41, 5.74) is 1.88. The Morgan fingerprint density at radius 1 is 1.44 bits per heavy atom. The first-order valence-corrected chi connectivity index (χ1v) is 5.94.